The fourth-order valence-electron chi connectivity index (χ4n) is 1.58. The molecule has 2 aromatic heterocycles. The van der Waals surface area contributed by atoms with E-state index in [9.17, 15) is 4.79 Å². The Morgan fingerprint density at radius 3 is 3.00 bits per heavy atom. The molecule has 0 radical (unpaired) electrons. The van der Waals surface area contributed by atoms with Crippen molar-refractivity contribution in [1.82, 2.24) is 9.55 Å². The third-order valence-corrected chi connectivity index (χ3v) is 2.20. The maximum atomic E-state index is 11.6. The van der Waals surface area contributed by atoms with Gasteiger partial charge in [0.1, 0.15) is 0 Å². The largest absolute Gasteiger partial charge is 0.307 e. The molecule has 14 heavy (non-hydrogen) atoms. The Hall–Kier alpha value is -1.64. The Labute approximate surface area is 82.0 Å². The zero-order chi connectivity index (χ0) is 9.97. The van der Waals surface area contributed by atoms with Gasteiger partial charge in [0.15, 0.2) is 0 Å². The minimum Gasteiger partial charge on any atom is -0.307 e. The van der Waals surface area contributed by atoms with Crippen LogP contribution >= 0.6 is 0 Å². The lowest BCUT2D eigenvalue weighted by molar-refractivity contribution is 0.677. The van der Waals surface area contributed by atoms with E-state index in [-0.39, 0.29) is 5.56 Å². The highest BCUT2D eigenvalue weighted by atomic mass is 16.1. The first-order valence-electron chi connectivity index (χ1n) is 4.77. The highest BCUT2D eigenvalue weighted by Crippen LogP contribution is 2.07. The molecular weight excluding hydrogens is 176 g/mol. The molecule has 0 aliphatic carbocycles. The lowest BCUT2D eigenvalue weighted by atomic mass is 10.3. The number of hydrogen-bond acceptors (Lipinski definition) is 2. The first-order chi connectivity index (χ1) is 6.83. The molecule has 0 atom stereocenters. The minimum atomic E-state index is 0.0485. The van der Waals surface area contributed by atoms with Crippen LogP contribution in [0.2, 0.25) is 0 Å². The van der Waals surface area contributed by atoms with Gasteiger partial charge in [-0.25, -0.2) is 0 Å². The van der Waals surface area contributed by atoms with E-state index in [1.54, 1.807) is 22.9 Å². The summed E-state index contributed by atoms with van der Waals surface area (Å²) in [6.45, 7) is 2.81. The number of aromatic nitrogens is 2. The molecule has 2 heterocycles. The summed E-state index contributed by atoms with van der Waals surface area (Å²) in [6, 6.07) is 7.13. The smallest absolute Gasteiger partial charge is 0.251 e. The van der Waals surface area contributed by atoms with E-state index in [1.807, 2.05) is 12.1 Å². The molecule has 72 valence electrons. The van der Waals surface area contributed by atoms with Crippen molar-refractivity contribution in [3.8, 4) is 0 Å². The summed E-state index contributed by atoms with van der Waals surface area (Å²) in [7, 11) is 0. The van der Waals surface area contributed by atoms with Gasteiger partial charge in [-0.05, 0) is 24.6 Å². The minimum absolute atomic E-state index is 0.0485. The molecule has 0 N–H and O–H groups in total. The van der Waals surface area contributed by atoms with E-state index in [0.29, 0.717) is 0 Å². The van der Waals surface area contributed by atoms with Crippen molar-refractivity contribution in [2.24, 2.45) is 0 Å². The zero-order valence-electron chi connectivity index (χ0n) is 8.10. The number of fused-ring (bicyclic) bond motifs is 1. The summed E-state index contributed by atoms with van der Waals surface area (Å²) in [5.41, 5.74) is 1.84. The van der Waals surface area contributed by atoms with Crippen LogP contribution in [0.15, 0.2) is 35.3 Å². The topological polar surface area (TPSA) is 34.9 Å². The highest BCUT2D eigenvalue weighted by molar-refractivity contribution is 5.73. The van der Waals surface area contributed by atoms with Crippen molar-refractivity contribution in [1.29, 1.82) is 0 Å². The predicted molar refractivity (Wildman–Crippen MR) is 56.3 cm³/mol. The molecule has 2 rings (SSSR count). The molecule has 0 aliphatic heterocycles. The van der Waals surface area contributed by atoms with Crippen LogP contribution in [0.1, 0.15) is 13.3 Å². The van der Waals surface area contributed by atoms with Gasteiger partial charge in [0.05, 0.1) is 11.0 Å². The molecule has 0 spiro atoms. The predicted octanol–water partition coefficient (Wildman–Crippen LogP) is 1.81. The molecule has 0 aromatic carbocycles. The van der Waals surface area contributed by atoms with Gasteiger partial charge in [-0.3, -0.25) is 9.78 Å². The lowest BCUT2D eigenvalue weighted by Gasteiger charge is -2.06. The summed E-state index contributed by atoms with van der Waals surface area (Å²) in [6.07, 6.45) is 2.69. The fraction of sp³-hybridized carbons (Fsp3) is 0.273. The Morgan fingerprint density at radius 1 is 1.36 bits per heavy atom. The summed E-state index contributed by atoms with van der Waals surface area (Å²) in [5.74, 6) is 0. The third-order valence-electron chi connectivity index (χ3n) is 2.20. The van der Waals surface area contributed by atoms with E-state index in [0.717, 1.165) is 24.0 Å². The van der Waals surface area contributed by atoms with Crippen molar-refractivity contribution in [2.45, 2.75) is 19.9 Å². The average molecular weight is 188 g/mol. The van der Waals surface area contributed by atoms with Crippen LogP contribution in [-0.4, -0.2) is 9.55 Å². The average Bonchev–Trinajstić information content (AvgIpc) is 2.23. The molecular formula is C11H12N2O. The molecule has 2 aromatic rings. The molecule has 0 aliphatic rings. The molecule has 0 bridgehead atoms. The van der Waals surface area contributed by atoms with Gasteiger partial charge in [0.25, 0.3) is 5.56 Å². The van der Waals surface area contributed by atoms with Gasteiger partial charge in [-0.2, -0.15) is 0 Å². The fourth-order valence-corrected chi connectivity index (χ4v) is 1.58. The molecule has 0 saturated carbocycles. The second-order valence-electron chi connectivity index (χ2n) is 3.23. The number of nitrogens with zero attached hydrogens (tertiary/aromatic N) is 2. The van der Waals surface area contributed by atoms with Crippen LogP contribution in [0.4, 0.5) is 0 Å². The van der Waals surface area contributed by atoms with Gasteiger partial charge >= 0.3 is 0 Å². The first kappa shape index (κ1) is 8.94. The number of aryl methyl sites for hydroxylation is 1. The van der Waals surface area contributed by atoms with Crippen LogP contribution in [0.25, 0.3) is 11.0 Å². The van der Waals surface area contributed by atoms with Crippen molar-refractivity contribution in [3.63, 3.8) is 0 Å². The monoisotopic (exact) mass is 188 g/mol. The number of rotatable bonds is 2. The van der Waals surface area contributed by atoms with E-state index >= 15 is 0 Å². The summed E-state index contributed by atoms with van der Waals surface area (Å²) in [5, 5.41) is 0. The molecule has 0 unspecified atom stereocenters. The number of hydrogen-bond donors (Lipinski definition) is 0. The van der Waals surface area contributed by atoms with Crippen molar-refractivity contribution < 1.29 is 0 Å². The Bertz CT molecular complexity index is 502. The molecule has 0 fully saturated rings. The van der Waals surface area contributed by atoms with Crippen molar-refractivity contribution in [2.75, 3.05) is 0 Å². The van der Waals surface area contributed by atoms with Crippen LogP contribution in [0.3, 0.4) is 0 Å². The van der Waals surface area contributed by atoms with Gasteiger partial charge in [-0.1, -0.05) is 6.92 Å². The first-order valence-corrected chi connectivity index (χ1v) is 4.77. The molecule has 0 saturated heterocycles. The van der Waals surface area contributed by atoms with E-state index in [4.69, 9.17) is 0 Å². The van der Waals surface area contributed by atoms with E-state index < -0.39 is 0 Å². The second-order valence-corrected chi connectivity index (χ2v) is 3.23. The molecule has 0 amide bonds. The molecule has 3 heteroatoms. The lowest BCUT2D eigenvalue weighted by Crippen LogP contribution is -2.19. The van der Waals surface area contributed by atoms with Crippen LogP contribution in [0, 0.1) is 0 Å². The summed E-state index contributed by atoms with van der Waals surface area (Å²) >= 11 is 0. The standard InChI is InChI=1S/C11H12N2O/c1-2-8-13-10-4-3-7-12-9(10)5-6-11(13)14/h3-7H,2,8H2,1H3. The highest BCUT2D eigenvalue weighted by Gasteiger charge is 2.00. The van der Waals surface area contributed by atoms with Gasteiger partial charge in [-0.15, -0.1) is 0 Å². The summed E-state index contributed by atoms with van der Waals surface area (Å²) < 4.78 is 1.77. The maximum absolute atomic E-state index is 11.6. The Morgan fingerprint density at radius 2 is 2.21 bits per heavy atom. The van der Waals surface area contributed by atoms with Crippen LogP contribution < -0.4 is 5.56 Å². The Kier molecular flexibility index (Phi) is 2.31. The Balaban J connectivity index is 2.76. The quantitative estimate of drug-likeness (QED) is 0.720. The SMILES string of the molecule is CCCn1c(=O)ccc2ncccc21. The zero-order valence-corrected chi connectivity index (χ0v) is 8.10. The van der Waals surface area contributed by atoms with Crippen LogP contribution in [0.5, 0.6) is 0 Å². The van der Waals surface area contributed by atoms with Crippen molar-refractivity contribution in [3.05, 3.63) is 40.8 Å². The summed E-state index contributed by atoms with van der Waals surface area (Å²) in [4.78, 5) is 15.8. The normalized spacial score (nSPS) is 10.6. The number of pyridine rings is 2. The maximum Gasteiger partial charge on any atom is 0.251 e. The third kappa shape index (κ3) is 1.41. The molecule has 3 nitrogen and oxygen atoms in total. The van der Waals surface area contributed by atoms with E-state index in [1.165, 1.54) is 0 Å². The van der Waals surface area contributed by atoms with Crippen molar-refractivity contribution >= 4 is 11.0 Å². The van der Waals surface area contributed by atoms with Crippen LogP contribution in [-0.2, 0) is 6.54 Å². The van der Waals surface area contributed by atoms with E-state index in [2.05, 4.69) is 11.9 Å². The van der Waals surface area contributed by atoms with Gasteiger partial charge in [0, 0.05) is 18.8 Å². The van der Waals surface area contributed by atoms with Gasteiger partial charge in [0.2, 0.25) is 0 Å². The van der Waals surface area contributed by atoms with Gasteiger partial charge < -0.3 is 4.57 Å². The second kappa shape index (κ2) is 3.62.